The largest absolute Gasteiger partial charge is 0.468 e. The molecule has 0 aliphatic carbocycles. The van der Waals surface area contributed by atoms with Gasteiger partial charge in [-0.1, -0.05) is 17.7 Å². The maximum Gasteiger partial charge on any atom is 0.326 e. The lowest BCUT2D eigenvalue weighted by molar-refractivity contribution is -0.153. The molecule has 3 heterocycles. The molecule has 1 N–H and O–H groups in total. The lowest BCUT2D eigenvalue weighted by Crippen LogP contribution is -2.54. The zero-order valence-electron chi connectivity index (χ0n) is 16.0. The smallest absolute Gasteiger partial charge is 0.326 e. The summed E-state index contributed by atoms with van der Waals surface area (Å²) in [4.78, 5) is 40.6. The fourth-order valence-corrected chi connectivity index (χ4v) is 4.27. The van der Waals surface area contributed by atoms with E-state index in [-0.39, 0.29) is 12.5 Å². The Morgan fingerprint density at radius 3 is 2.54 bits per heavy atom. The van der Waals surface area contributed by atoms with Gasteiger partial charge in [-0.3, -0.25) is 19.7 Å². The zero-order chi connectivity index (χ0) is 20.1. The number of amides is 2. The van der Waals surface area contributed by atoms with Gasteiger partial charge in [-0.25, -0.2) is 4.90 Å². The first-order valence-electron chi connectivity index (χ1n) is 9.31. The van der Waals surface area contributed by atoms with E-state index in [9.17, 15) is 14.4 Å². The summed E-state index contributed by atoms with van der Waals surface area (Å²) >= 11 is 0. The quantitative estimate of drug-likeness (QED) is 0.645. The first-order valence-corrected chi connectivity index (χ1v) is 9.31. The number of hydrogen-bond donors (Lipinski definition) is 1. The predicted octanol–water partition coefficient (Wildman–Crippen LogP) is 2.36. The van der Waals surface area contributed by atoms with Gasteiger partial charge in [0.2, 0.25) is 11.8 Å². The van der Waals surface area contributed by atoms with Gasteiger partial charge in [0.25, 0.3) is 0 Å². The van der Waals surface area contributed by atoms with Gasteiger partial charge in [0.05, 0.1) is 36.4 Å². The number of fused-ring (bicyclic) bond motifs is 1. The number of anilines is 1. The van der Waals surface area contributed by atoms with Crippen molar-refractivity contribution >= 4 is 23.5 Å². The van der Waals surface area contributed by atoms with Crippen LogP contribution in [0.5, 0.6) is 0 Å². The van der Waals surface area contributed by atoms with E-state index in [0.717, 1.165) is 5.56 Å². The van der Waals surface area contributed by atoms with Crippen molar-refractivity contribution in [1.29, 1.82) is 0 Å². The Hall–Kier alpha value is -2.93. The van der Waals surface area contributed by atoms with E-state index in [2.05, 4.69) is 5.32 Å². The molecule has 0 spiro atoms. The third kappa shape index (κ3) is 2.57. The van der Waals surface area contributed by atoms with Gasteiger partial charge in [-0.05, 0) is 45.0 Å². The van der Waals surface area contributed by atoms with Crippen molar-refractivity contribution < 1.29 is 23.5 Å². The molecule has 4 rings (SSSR count). The van der Waals surface area contributed by atoms with Crippen LogP contribution in [0.25, 0.3) is 0 Å². The summed E-state index contributed by atoms with van der Waals surface area (Å²) in [7, 11) is 0. The molecular weight excluding hydrogens is 360 g/mol. The fraction of sp³-hybridized carbons (Fsp3) is 0.381. The normalized spacial score (nSPS) is 29.2. The molecule has 2 saturated heterocycles. The Bertz CT molecular complexity index is 921. The lowest BCUT2D eigenvalue weighted by Gasteiger charge is -2.28. The Morgan fingerprint density at radius 1 is 1.21 bits per heavy atom. The highest BCUT2D eigenvalue weighted by Gasteiger charge is 2.67. The summed E-state index contributed by atoms with van der Waals surface area (Å²) in [6, 6.07) is 10.0. The number of esters is 1. The third-order valence-corrected chi connectivity index (χ3v) is 5.63. The van der Waals surface area contributed by atoms with Crippen LogP contribution in [-0.4, -0.2) is 29.9 Å². The van der Waals surface area contributed by atoms with Crippen LogP contribution in [0.3, 0.4) is 0 Å². The van der Waals surface area contributed by atoms with Gasteiger partial charge in [0.15, 0.2) is 0 Å². The number of rotatable bonds is 4. The van der Waals surface area contributed by atoms with Gasteiger partial charge in [-0.2, -0.15) is 0 Å². The molecule has 0 bridgehead atoms. The van der Waals surface area contributed by atoms with Crippen molar-refractivity contribution in [2.75, 3.05) is 11.5 Å². The van der Waals surface area contributed by atoms with Crippen LogP contribution in [0.15, 0.2) is 47.1 Å². The Labute approximate surface area is 162 Å². The third-order valence-electron chi connectivity index (χ3n) is 5.63. The minimum Gasteiger partial charge on any atom is -0.468 e. The van der Waals surface area contributed by atoms with Crippen molar-refractivity contribution in [3.05, 3.63) is 54.0 Å². The van der Waals surface area contributed by atoms with Gasteiger partial charge in [0, 0.05) is 0 Å². The number of nitrogens with zero attached hydrogens (tertiary/aromatic N) is 1. The highest BCUT2D eigenvalue weighted by Crippen LogP contribution is 2.50. The number of benzene rings is 1. The highest BCUT2D eigenvalue weighted by molar-refractivity contribution is 6.24. The molecule has 0 saturated carbocycles. The highest BCUT2D eigenvalue weighted by atomic mass is 16.5. The summed E-state index contributed by atoms with van der Waals surface area (Å²) in [6.07, 6.45) is 1.50. The van der Waals surface area contributed by atoms with E-state index in [1.165, 1.54) is 11.2 Å². The van der Waals surface area contributed by atoms with Crippen LogP contribution in [0.1, 0.15) is 31.2 Å². The second-order valence-electron chi connectivity index (χ2n) is 7.41. The lowest BCUT2D eigenvalue weighted by atomic mass is 9.81. The molecule has 2 aromatic rings. The van der Waals surface area contributed by atoms with Gasteiger partial charge in [0.1, 0.15) is 11.3 Å². The molecule has 7 nitrogen and oxygen atoms in total. The summed E-state index contributed by atoms with van der Waals surface area (Å²) in [5, 5.41) is 3.16. The van der Waals surface area contributed by atoms with Gasteiger partial charge < -0.3 is 9.15 Å². The van der Waals surface area contributed by atoms with Crippen LogP contribution in [-0.2, 0) is 19.1 Å². The summed E-state index contributed by atoms with van der Waals surface area (Å²) < 4.78 is 10.7. The van der Waals surface area contributed by atoms with Gasteiger partial charge in [-0.15, -0.1) is 0 Å². The predicted molar refractivity (Wildman–Crippen MR) is 100 cm³/mol. The standard InChI is InChI=1S/C21H22N2O5/c1-4-27-20(26)21(3)16-15(17(22-21)14-6-5-11-28-14)18(24)23(19(16)25)13-9-7-12(2)8-10-13/h5-11,15-17,22H,4H2,1-3H3/t15-,16-,17-,21+/m0/s1. The molecule has 1 aromatic heterocycles. The number of imide groups is 1. The number of carbonyl (C=O) groups excluding carboxylic acids is 3. The molecule has 0 radical (unpaired) electrons. The summed E-state index contributed by atoms with van der Waals surface area (Å²) in [5.74, 6) is -2.43. The zero-order valence-corrected chi connectivity index (χ0v) is 16.0. The van der Waals surface area contributed by atoms with E-state index in [0.29, 0.717) is 11.4 Å². The van der Waals surface area contributed by atoms with Crippen molar-refractivity contribution in [1.82, 2.24) is 5.32 Å². The molecule has 4 atom stereocenters. The molecule has 1 aromatic carbocycles. The Kier molecular flexibility index (Phi) is 4.34. The first-order chi connectivity index (χ1) is 13.4. The molecule has 28 heavy (non-hydrogen) atoms. The number of hydrogen-bond acceptors (Lipinski definition) is 6. The maximum absolute atomic E-state index is 13.3. The number of carbonyl (C=O) groups is 3. The second-order valence-corrected chi connectivity index (χ2v) is 7.41. The van der Waals surface area contributed by atoms with Gasteiger partial charge >= 0.3 is 5.97 Å². The average molecular weight is 382 g/mol. The van der Waals surface area contributed by atoms with Crippen LogP contribution < -0.4 is 10.2 Å². The molecule has 2 amide bonds. The fourth-order valence-electron chi connectivity index (χ4n) is 4.27. The van der Waals surface area contributed by atoms with Crippen molar-refractivity contribution in [2.24, 2.45) is 11.8 Å². The van der Waals surface area contributed by atoms with Crippen molar-refractivity contribution in [3.63, 3.8) is 0 Å². The van der Waals surface area contributed by atoms with E-state index >= 15 is 0 Å². The number of nitrogens with one attached hydrogen (secondary N) is 1. The summed E-state index contributed by atoms with van der Waals surface area (Å²) in [6.45, 7) is 5.44. The van der Waals surface area contributed by atoms with E-state index in [1.807, 2.05) is 19.1 Å². The molecule has 2 aliphatic heterocycles. The topological polar surface area (TPSA) is 88.8 Å². The Balaban J connectivity index is 1.80. The first kappa shape index (κ1) is 18.4. The molecular formula is C21H22N2O5. The second kappa shape index (κ2) is 6.60. The van der Waals surface area contributed by atoms with Crippen LogP contribution >= 0.6 is 0 Å². The minimum atomic E-state index is -1.33. The van der Waals surface area contributed by atoms with Crippen LogP contribution in [0.2, 0.25) is 0 Å². The number of furan rings is 1. The Morgan fingerprint density at radius 2 is 1.93 bits per heavy atom. The monoisotopic (exact) mass is 382 g/mol. The van der Waals surface area contributed by atoms with Crippen molar-refractivity contribution in [3.8, 4) is 0 Å². The maximum atomic E-state index is 13.3. The van der Waals surface area contributed by atoms with E-state index in [4.69, 9.17) is 9.15 Å². The SMILES string of the molecule is CCOC(=O)[C@]1(C)N[C@@H](c2ccco2)[C@H]2C(=O)N(c3ccc(C)cc3)C(=O)[C@H]21. The molecule has 7 heteroatoms. The number of ether oxygens (including phenoxy) is 1. The van der Waals surface area contributed by atoms with Crippen LogP contribution in [0.4, 0.5) is 5.69 Å². The van der Waals surface area contributed by atoms with E-state index < -0.39 is 35.3 Å². The van der Waals surface area contributed by atoms with E-state index in [1.54, 1.807) is 38.1 Å². The molecule has 2 aliphatic rings. The molecule has 0 unspecified atom stereocenters. The number of aryl methyl sites for hydroxylation is 1. The van der Waals surface area contributed by atoms with Crippen molar-refractivity contribution in [2.45, 2.75) is 32.4 Å². The van der Waals surface area contributed by atoms with Crippen LogP contribution in [0, 0.1) is 18.8 Å². The summed E-state index contributed by atoms with van der Waals surface area (Å²) in [5.41, 5.74) is 0.193. The minimum absolute atomic E-state index is 0.183. The molecule has 2 fully saturated rings. The molecule has 146 valence electrons. The average Bonchev–Trinajstić information content (AvgIpc) is 3.35.